The van der Waals surface area contributed by atoms with E-state index >= 15 is 0 Å². The van der Waals surface area contributed by atoms with Gasteiger partial charge in [0, 0.05) is 11.1 Å². The highest BCUT2D eigenvalue weighted by Gasteiger charge is 2.14. The maximum atomic E-state index is 12.4. The smallest absolute Gasteiger partial charge is 0.248 e. The van der Waals surface area contributed by atoms with Crippen molar-refractivity contribution in [2.24, 2.45) is 0 Å². The van der Waals surface area contributed by atoms with E-state index in [4.69, 9.17) is 21.1 Å². The second-order valence-corrected chi connectivity index (χ2v) is 7.14. The van der Waals surface area contributed by atoms with E-state index in [1.807, 2.05) is 54.9 Å². The lowest BCUT2D eigenvalue weighted by molar-refractivity contribution is -0.111. The van der Waals surface area contributed by atoms with Crippen LogP contribution in [0.1, 0.15) is 22.5 Å². The van der Waals surface area contributed by atoms with Crippen molar-refractivity contribution in [3.63, 3.8) is 0 Å². The minimum absolute atomic E-state index is 0.244. The van der Waals surface area contributed by atoms with E-state index in [0.29, 0.717) is 28.8 Å². The van der Waals surface area contributed by atoms with Crippen molar-refractivity contribution < 1.29 is 14.3 Å². The Labute approximate surface area is 181 Å². The van der Waals surface area contributed by atoms with Gasteiger partial charge in [-0.25, -0.2) is 0 Å². The largest absolute Gasteiger partial charge is 0.493 e. The Morgan fingerprint density at radius 3 is 2.57 bits per heavy atom. The molecule has 0 unspecified atom stereocenters. The Balaban J connectivity index is 1.75. The summed E-state index contributed by atoms with van der Waals surface area (Å²) in [6, 6.07) is 13.1. The summed E-state index contributed by atoms with van der Waals surface area (Å²) in [5.74, 6) is 1.09. The number of anilines is 1. The minimum atomic E-state index is -0.244. The van der Waals surface area contributed by atoms with Crippen LogP contribution in [-0.4, -0.2) is 29.9 Å². The van der Waals surface area contributed by atoms with Gasteiger partial charge in [0.2, 0.25) is 5.91 Å². The van der Waals surface area contributed by atoms with Crippen LogP contribution in [-0.2, 0) is 11.3 Å². The fourth-order valence-corrected chi connectivity index (χ4v) is 3.32. The van der Waals surface area contributed by atoms with Gasteiger partial charge in [0.1, 0.15) is 0 Å². The number of carbonyl (C=O) groups excluding carboxylic acids is 1. The molecule has 0 saturated carbocycles. The van der Waals surface area contributed by atoms with E-state index in [1.165, 1.54) is 6.08 Å². The van der Waals surface area contributed by atoms with Crippen molar-refractivity contribution in [1.82, 2.24) is 9.78 Å². The summed E-state index contributed by atoms with van der Waals surface area (Å²) >= 11 is 6.13. The molecule has 30 heavy (non-hydrogen) atoms. The second-order valence-electron chi connectivity index (χ2n) is 6.74. The molecule has 0 fully saturated rings. The number of rotatable bonds is 7. The van der Waals surface area contributed by atoms with E-state index in [2.05, 4.69) is 10.4 Å². The van der Waals surface area contributed by atoms with Crippen LogP contribution in [0.15, 0.2) is 48.5 Å². The quantitative estimate of drug-likeness (QED) is 0.548. The summed E-state index contributed by atoms with van der Waals surface area (Å²) in [7, 11) is 3.21. The van der Waals surface area contributed by atoms with Gasteiger partial charge in [0.15, 0.2) is 11.5 Å². The molecule has 0 bridgehead atoms. The fourth-order valence-electron chi connectivity index (χ4n) is 3.12. The maximum Gasteiger partial charge on any atom is 0.248 e. The Morgan fingerprint density at radius 1 is 1.13 bits per heavy atom. The highest BCUT2D eigenvalue weighted by molar-refractivity contribution is 6.32. The van der Waals surface area contributed by atoms with E-state index < -0.39 is 0 Å². The molecule has 0 atom stereocenters. The van der Waals surface area contributed by atoms with Gasteiger partial charge in [0.05, 0.1) is 37.8 Å². The van der Waals surface area contributed by atoms with Gasteiger partial charge in [-0.1, -0.05) is 35.9 Å². The van der Waals surface area contributed by atoms with Gasteiger partial charge in [-0.05, 0) is 49.2 Å². The van der Waals surface area contributed by atoms with Crippen LogP contribution in [0, 0.1) is 13.8 Å². The van der Waals surface area contributed by atoms with E-state index in [9.17, 15) is 4.79 Å². The number of aromatic nitrogens is 2. The molecule has 2 aromatic carbocycles. The van der Waals surface area contributed by atoms with Crippen LogP contribution in [0.2, 0.25) is 5.02 Å². The minimum Gasteiger partial charge on any atom is -0.493 e. The summed E-state index contributed by atoms with van der Waals surface area (Å²) < 4.78 is 12.5. The first-order valence-corrected chi connectivity index (χ1v) is 9.79. The normalized spacial score (nSPS) is 11.0. The number of nitrogens with one attached hydrogen (secondary N) is 1. The van der Waals surface area contributed by atoms with Crippen LogP contribution in [0.25, 0.3) is 6.08 Å². The lowest BCUT2D eigenvalue weighted by atomic mass is 10.2. The monoisotopic (exact) mass is 425 g/mol. The van der Waals surface area contributed by atoms with Crippen molar-refractivity contribution in [2.75, 3.05) is 19.5 Å². The van der Waals surface area contributed by atoms with E-state index in [0.717, 1.165) is 22.5 Å². The third-order valence-electron chi connectivity index (χ3n) is 4.73. The molecule has 1 N–H and O–H groups in total. The number of nitrogens with zero attached hydrogens (tertiary/aromatic N) is 2. The summed E-state index contributed by atoms with van der Waals surface area (Å²) in [4.78, 5) is 12.4. The van der Waals surface area contributed by atoms with Crippen molar-refractivity contribution in [3.8, 4) is 11.5 Å². The van der Waals surface area contributed by atoms with Gasteiger partial charge in [0.25, 0.3) is 0 Å². The van der Waals surface area contributed by atoms with Gasteiger partial charge < -0.3 is 14.8 Å². The first-order valence-electron chi connectivity index (χ1n) is 9.41. The van der Waals surface area contributed by atoms with Crippen molar-refractivity contribution in [3.05, 3.63) is 76.1 Å². The highest BCUT2D eigenvalue weighted by Crippen LogP contribution is 2.28. The molecule has 0 radical (unpaired) electrons. The molecule has 7 heteroatoms. The van der Waals surface area contributed by atoms with Crippen molar-refractivity contribution in [2.45, 2.75) is 20.4 Å². The number of halogens is 1. The van der Waals surface area contributed by atoms with Gasteiger partial charge >= 0.3 is 0 Å². The molecule has 156 valence electrons. The van der Waals surface area contributed by atoms with Crippen LogP contribution >= 0.6 is 11.6 Å². The SMILES string of the molecule is COc1ccc(Cn2nc(C)c(NC(=O)/C=C/c3ccccc3Cl)c2C)cc1OC. The third-order valence-corrected chi connectivity index (χ3v) is 5.07. The molecule has 6 nitrogen and oxygen atoms in total. The summed E-state index contributed by atoms with van der Waals surface area (Å²) in [6.07, 6.45) is 3.15. The lowest BCUT2D eigenvalue weighted by Crippen LogP contribution is -2.10. The number of hydrogen-bond donors (Lipinski definition) is 1. The molecule has 0 aliphatic carbocycles. The number of aryl methyl sites for hydroxylation is 1. The van der Waals surface area contributed by atoms with E-state index in [1.54, 1.807) is 26.4 Å². The Kier molecular flexibility index (Phi) is 6.79. The molecule has 3 rings (SSSR count). The number of methoxy groups -OCH3 is 2. The van der Waals surface area contributed by atoms with E-state index in [-0.39, 0.29) is 5.91 Å². The number of ether oxygens (including phenoxy) is 2. The number of hydrogen-bond acceptors (Lipinski definition) is 4. The van der Waals surface area contributed by atoms with Crippen LogP contribution < -0.4 is 14.8 Å². The zero-order valence-corrected chi connectivity index (χ0v) is 18.2. The zero-order chi connectivity index (χ0) is 21.7. The Morgan fingerprint density at radius 2 is 1.87 bits per heavy atom. The Bertz CT molecular complexity index is 1090. The van der Waals surface area contributed by atoms with Crippen LogP contribution in [0.5, 0.6) is 11.5 Å². The zero-order valence-electron chi connectivity index (χ0n) is 17.4. The standard InChI is InChI=1S/C23H24ClN3O3/c1-15-23(25-22(28)12-10-18-7-5-6-8-19(18)24)16(2)27(26-15)14-17-9-11-20(29-3)21(13-17)30-4/h5-13H,14H2,1-4H3,(H,25,28)/b12-10+. The lowest BCUT2D eigenvalue weighted by Gasteiger charge is -2.10. The van der Waals surface area contributed by atoms with Crippen LogP contribution in [0.4, 0.5) is 5.69 Å². The predicted molar refractivity (Wildman–Crippen MR) is 119 cm³/mol. The molecular formula is C23H24ClN3O3. The average molecular weight is 426 g/mol. The van der Waals surface area contributed by atoms with Gasteiger partial charge in [-0.15, -0.1) is 0 Å². The fraction of sp³-hybridized carbons (Fsp3) is 0.217. The second kappa shape index (κ2) is 9.50. The summed E-state index contributed by atoms with van der Waals surface area (Å²) in [6.45, 7) is 4.33. The molecule has 0 saturated heterocycles. The van der Waals surface area contributed by atoms with Gasteiger partial charge in [-0.3, -0.25) is 9.48 Å². The first-order chi connectivity index (χ1) is 14.4. The molecular weight excluding hydrogens is 402 g/mol. The molecule has 1 amide bonds. The predicted octanol–water partition coefficient (Wildman–Crippen LogP) is 4.87. The van der Waals surface area contributed by atoms with Crippen LogP contribution in [0.3, 0.4) is 0 Å². The maximum absolute atomic E-state index is 12.4. The summed E-state index contributed by atoms with van der Waals surface area (Å²) in [5, 5.41) is 8.09. The average Bonchev–Trinajstić information content (AvgIpc) is 3.00. The molecule has 0 spiro atoms. The molecule has 1 heterocycles. The molecule has 3 aromatic rings. The molecule has 0 aliphatic heterocycles. The van der Waals surface area contributed by atoms with Crippen molar-refractivity contribution >= 4 is 29.3 Å². The summed E-state index contributed by atoms with van der Waals surface area (Å²) in [5.41, 5.74) is 4.10. The molecule has 0 aliphatic rings. The number of benzene rings is 2. The Hall–Kier alpha value is -3.25. The first kappa shape index (κ1) is 21.5. The number of amides is 1. The number of carbonyl (C=O) groups is 1. The molecule has 1 aromatic heterocycles. The van der Waals surface area contributed by atoms with Crippen molar-refractivity contribution in [1.29, 1.82) is 0 Å². The van der Waals surface area contributed by atoms with Gasteiger partial charge in [-0.2, -0.15) is 5.10 Å². The topological polar surface area (TPSA) is 65.4 Å². The third kappa shape index (κ3) is 4.83. The highest BCUT2D eigenvalue weighted by atomic mass is 35.5.